The van der Waals surface area contributed by atoms with Gasteiger partial charge in [0.05, 0.1) is 6.10 Å². The van der Waals surface area contributed by atoms with Gasteiger partial charge < -0.3 is 14.5 Å². The highest BCUT2D eigenvalue weighted by molar-refractivity contribution is 7.12. The molecule has 1 aromatic heterocycles. The molecule has 2 unspecified atom stereocenters. The second-order valence-electron chi connectivity index (χ2n) is 8.18. The van der Waals surface area contributed by atoms with Crippen molar-refractivity contribution in [3.8, 4) is 0 Å². The quantitative estimate of drug-likeness (QED) is 0.286. The van der Waals surface area contributed by atoms with Crippen molar-refractivity contribution in [2.75, 3.05) is 31.6 Å². The molecule has 30 heavy (non-hydrogen) atoms. The monoisotopic (exact) mass is 432 g/mol. The molecule has 0 amide bonds. The lowest BCUT2D eigenvalue weighted by atomic mass is 9.92. The third kappa shape index (κ3) is 4.71. The number of aromatic nitrogens is 2. The highest BCUT2D eigenvalue weighted by Crippen LogP contribution is 2.33. The van der Waals surface area contributed by atoms with Gasteiger partial charge in [0.25, 0.3) is 0 Å². The SMILES string of the molecule is C=C/C=C(/C(C)C)N(C)C(C)N=c1sc(N2C[C@@H]3OCCC(N=[N+]=[N-])[C@H]3C2)nn1C. The zero-order valence-corrected chi connectivity index (χ0v) is 19.3. The summed E-state index contributed by atoms with van der Waals surface area (Å²) in [5.41, 5.74) is 10.1. The fourth-order valence-corrected chi connectivity index (χ4v) is 5.13. The summed E-state index contributed by atoms with van der Waals surface area (Å²) in [6.07, 6.45) is 4.71. The maximum atomic E-state index is 8.86. The molecule has 0 radical (unpaired) electrons. The van der Waals surface area contributed by atoms with Crippen LogP contribution in [0, 0.1) is 11.8 Å². The van der Waals surface area contributed by atoms with Gasteiger partial charge in [-0.25, -0.2) is 9.67 Å². The van der Waals surface area contributed by atoms with E-state index in [0.717, 1.165) is 29.4 Å². The number of fused-ring (bicyclic) bond motifs is 1. The molecule has 3 heterocycles. The number of ether oxygens (including phenoxy) is 1. The molecule has 1 aromatic rings. The van der Waals surface area contributed by atoms with Crippen molar-refractivity contribution in [1.29, 1.82) is 0 Å². The van der Waals surface area contributed by atoms with Gasteiger partial charge in [-0.1, -0.05) is 43.0 Å². The van der Waals surface area contributed by atoms with Crippen molar-refractivity contribution in [2.24, 2.45) is 29.0 Å². The Bertz CT molecular complexity index is 897. The molecular formula is C20H32N8OS. The molecule has 3 rings (SSSR count). The van der Waals surface area contributed by atoms with Crippen LogP contribution in [-0.4, -0.2) is 59.7 Å². The molecule has 0 N–H and O–H groups in total. The normalized spacial score (nSPS) is 25.8. The summed E-state index contributed by atoms with van der Waals surface area (Å²) < 4.78 is 7.77. The lowest BCUT2D eigenvalue weighted by molar-refractivity contribution is -0.00894. The van der Waals surface area contributed by atoms with Gasteiger partial charge in [-0.3, -0.25) is 0 Å². The summed E-state index contributed by atoms with van der Waals surface area (Å²) in [6.45, 7) is 12.5. The molecule has 164 valence electrons. The van der Waals surface area contributed by atoms with E-state index < -0.39 is 0 Å². The van der Waals surface area contributed by atoms with E-state index in [1.165, 1.54) is 5.70 Å². The van der Waals surface area contributed by atoms with E-state index in [0.29, 0.717) is 12.5 Å². The minimum absolute atomic E-state index is 0.00334. The van der Waals surface area contributed by atoms with E-state index in [2.05, 4.69) is 54.2 Å². The van der Waals surface area contributed by atoms with Crippen molar-refractivity contribution >= 4 is 16.5 Å². The largest absolute Gasteiger partial charge is 0.376 e. The van der Waals surface area contributed by atoms with E-state index in [-0.39, 0.29) is 24.2 Å². The Balaban J connectivity index is 1.79. The van der Waals surface area contributed by atoms with Gasteiger partial charge in [0.1, 0.15) is 6.17 Å². The summed E-state index contributed by atoms with van der Waals surface area (Å²) >= 11 is 1.58. The van der Waals surface area contributed by atoms with Crippen LogP contribution in [0.3, 0.4) is 0 Å². The molecule has 2 fully saturated rings. The fraction of sp³-hybridized carbons (Fsp3) is 0.700. The van der Waals surface area contributed by atoms with Crippen LogP contribution >= 0.6 is 11.3 Å². The maximum Gasteiger partial charge on any atom is 0.207 e. The second-order valence-corrected chi connectivity index (χ2v) is 9.12. The first kappa shape index (κ1) is 22.4. The number of anilines is 1. The highest BCUT2D eigenvalue weighted by Gasteiger charge is 2.42. The number of nitrogens with zero attached hydrogens (tertiary/aromatic N) is 8. The number of rotatable bonds is 7. The van der Waals surface area contributed by atoms with Gasteiger partial charge in [-0.2, -0.15) is 0 Å². The minimum atomic E-state index is -0.0306. The molecule has 9 nitrogen and oxygen atoms in total. The van der Waals surface area contributed by atoms with Gasteiger partial charge in [0, 0.05) is 56.4 Å². The highest BCUT2D eigenvalue weighted by atomic mass is 32.1. The number of azide groups is 1. The van der Waals surface area contributed by atoms with Crippen LogP contribution in [-0.2, 0) is 11.8 Å². The lowest BCUT2D eigenvalue weighted by Gasteiger charge is -2.29. The molecule has 2 aliphatic heterocycles. The van der Waals surface area contributed by atoms with Crippen molar-refractivity contribution in [1.82, 2.24) is 14.7 Å². The average molecular weight is 433 g/mol. The molecule has 4 atom stereocenters. The first-order valence-corrected chi connectivity index (χ1v) is 11.2. The molecular weight excluding hydrogens is 400 g/mol. The molecule has 2 saturated heterocycles. The van der Waals surface area contributed by atoms with Gasteiger partial charge >= 0.3 is 0 Å². The Labute approximate surface area is 182 Å². The van der Waals surface area contributed by atoms with Crippen molar-refractivity contribution in [3.63, 3.8) is 0 Å². The smallest absolute Gasteiger partial charge is 0.207 e. The third-order valence-electron chi connectivity index (χ3n) is 5.86. The Kier molecular flexibility index (Phi) is 7.23. The predicted octanol–water partition coefficient (Wildman–Crippen LogP) is 3.29. The Morgan fingerprint density at radius 3 is 2.87 bits per heavy atom. The van der Waals surface area contributed by atoms with Gasteiger partial charge in [-0.15, -0.1) is 5.10 Å². The van der Waals surface area contributed by atoms with E-state index in [9.17, 15) is 0 Å². The van der Waals surface area contributed by atoms with Gasteiger partial charge in [0.15, 0.2) is 0 Å². The number of allylic oxidation sites excluding steroid dienone is 3. The molecule has 0 aliphatic carbocycles. The molecule has 0 spiro atoms. The predicted molar refractivity (Wildman–Crippen MR) is 120 cm³/mol. The summed E-state index contributed by atoms with van der Waals surface area (Å²) in [7, 11) is 3.99. The van der Waals surface area contributed by atoms with Crippen LogP contribution in [0.5, 0.6) is 0 Å². The molecule has 0 bridgehead atoms. The summed E-state index contributed by atoms with van der Waals surface area (Å²) in [4.78, 5) is 13.2. The number of hydrogen-bond acceptors (Lipinski definition) is 7. The summed E-state index contributed by atoms with van der Waals surface area (Å²) in [5, 5.41) is 9.63. The van der Waals surface area contributed by atoms with Crippen molar-refractivity contribution in [2.45, 2.75) is 45.5 Å². The Morgan fingerprint density at radius 2 is 2.20 bits per heavy atom. The maximum absolute atomic E-state index is 8.86. The van der Waals surface area contributed by atoms with Crippen molar-refractivity contribution < 1.29 is 4.74 Å². The molecule has 2 aliphatic rings. The zero-order valence-electron chi connectivity index (χ0n) is 18.5. The van der Waals surface area contributed by atoms with E-state index in [1.807, 2.05) is 23.9 Å². The third-order valence-corrected chi connectivity index (χ3v) is 6.93. The molecule has 0 aromatic carbocycles. The number of hydrogen-bond donors (Lipinski definition) is 0. The van der Waals surface area contributed by atoms with E-state index in [1.54, 1.807) is 11.3 Å². The van der Waals surface area contributed by atoms with Crippen LogP contribution in [0.2, 0.25) is 0 Å². The number of aryl methyl sites for hydroxylation is 1. The van der Waals surface area contributed by atoms with Crippen LogP contribution in [0.15, 0.2) is 34.5 Å². The van der Waals surface area contributed by atoms with Crippen LogP contribution in [0.25, 0.3) is 10.4 Å². The zero-order chi connectivity index (χ0) is 21.8. The standard InChI is InChI=1S/C20H32N8OS/c1-7-8-17(13(2)3)26(5)14(4)22-19-27(6)24-20(30-19)28-11-15-16(23-25-21)9-10-29-18(15)12-28/h7-8,13-16,18H,1,9-12H2,2-6H3/b17-8-,22-19?/t14?,15-,16?,18+/m1/s1. The first-order valence-electron chi connectivity index (χ1n) is 10.4. The average Bonchev–Trinajstić information content (AvgIpc) is 3.30. The Morgan fingerprint density at radius 1 is 1.43 bits per heavy atom. The molecule has 0 saturated carbocycles. The van der Waals surface area contributed by atoms with Crippen LogP contribution in [0.4, 0.5) is 5.13 Å². The lowest BCUT2D eigenvalue weighted by Crippen LogP contribution is -2.37. The minimum Gasteiger partial charge on any atom is -0.376 e. The van der Waals surface area contributed by atoms with Crippen LogP contribution in [0.1, 0.15) is 27.2 Å². The van der Waals surface area contributed by atoms with E-state index in [4.69, 9.17) is 20.4 Å². The Hall–Kier alpha value is -2.29. The van der Waals surface area contributed by atoms with E-state index >= 15 is 0 Å². The van der Waals surface area contributed by atoms with Crippen LogP contribution < -0.4 is 9.70 Å². The first-order chi connectivity index (χ1) is 14.3. The van der Waals surface area contributed by atoms with Gasteiger partial charge in [0.2, 0.25) is 9.93 Å². The summed E-state index contributed by atoms with van der Waals surface area (Å²) in [6, 6.07) is -0.00334. The fourth-order valence-electron chi connectivity index (χ4n) is 4.14. The van der Waals surface area contributed by atoms with Gasteiger partial charge in [-0.05, 0) is 30.9 Å². The van der Waals surface area contributed by atoms with Crippen molar-refractivity contribution in [3.05, 3.63) is 39.7 Å². The topological polar surface area (TPSA) is 94.7 Å². The summed E-state index contributed by atoms with van der Waals surface area (Å²) in [5.74, 6) is 0.598. The second kappa shape index (κ2) is 9.68. The molecule has 10 heteroatoms.